The van der Waals surface area contributed by atoms with Gasteiger partial charge in [0.05, 0.1) is 18.5 Å². The second-order valence-corrected chi connectivity index (χ2v) is 10.7. The van der Waals surface area contributed by atoms with Gasteiger partial charge >= 0.3 is 12.1 Å². The molecular weight excluding hydrogens is 543 g/mol. The molecule has 2 aromatic heterocycles. The lowest BCUT2D eigenvalue weighted by Gasteiger charge is -2.24. The third kappa shape index (κ3) is 5.51. The third-order valence-corrected chi connectivity index (χ3v) is 8.01. The van der Waals surface area contributed by atoms with Crippen LogP contribution in [0.1, 0.15) is 58.4 Å². The Morgan fingerprint density at radius 3 is 2.55 bits per heavy atom. The minimum Gasteiger partial charge on any atom is -0.462 e. The molecule has 1 N–H and O–H groups in total. The molecule has 1 saturated heterocycles. The van der Waals surface area contributed by atoms with Crippen LogP contribution < -0.4 is 10.2 Å². The van der Waals surface area contributed by atoms with E-state index in [4.69, 9.17) is 4.74 Å². The SMILES string of the molecule is CCOC(=O)c1cnn(-c2cccc(-c3cccc4c3N(Cc3ccc(C5CCNCC5)cc3)CC4)n2)c1C(F)(F)F. The Labute approximate surface area is 242 Å². The van der Waals surface area contributed by atoms with E-state index < -0.39 is 23.4 Å². The third-order valence-electron chi connectivity index (χ3n) is 8.01. The molecule has 10 heteroatoms. The highest BCUT2D eigenvalue weighted by molar-refractivity contribution is 5.91. The van der Waals surface area contributed by atoms with Crippen molar-refractivity contribution in [2.24, 2.45) is 0 Å². The molecule has 0 saturated carbocycles. The molecular formula is C32H32F3N5O2. The fourth-order valence-electron chi connectivity index (χ4n) is 6.01. The molecule has 0 bridgehead atoms. The van der Waals surface area contributed by atoms with Crippen LogP contribution in [0.3, 0.4) is 0 Å². The van der Waals surface area contributed by atoms with Gasteiger partial charge in [-0.1, -0.05) is 48.5 Å². The number of para-hydroxylation sites is 1. The van der Waals surface area contributed by atoms with E-state index >= 15 is 0 Å². The Hall–Kier alpha value is -4.18. The van der Waals surface area contributed by atoms with Crippen molar-refractivity contribution in [3.05, 3.63) is 94.8 Å². The number of hydrogen-bond donors (Lipinski definition) is 1. The van der Waals surface area contributed by atoms with Gasteiger partial charge in [0.1, 0.15) is 5.56 Å². The second-order valence-electron chi connectivity index (χ2n) is 10.7. The summed E-state index contributed by atoms with van der Waals surface area (Å²) in [5.41, 5.74) is 4.30. The maximum absolute atomic E-state index is 14.1. The zero-order chi connectivity index (χ0) is 29.3. The van der Waals surface area contributed by atoms with Crippen molar-refractivity contribution in [1.82, 2.24) is 20.1 Å². The highest BCUT2D eigenvalue weighted by Crippen LogP contribution is 2.39. The van der Waals surface area contributed by atoms with Gasteiger partial charge in [-0.3, -0.25) is 0 Å². The van der Waals surface area contributed by atoms with E-state index in [0.717, 1.165) is 62.9 Å². The fourth-order valence-corrected chi connectivity index (χ4v) is 6.01. The summed E-state index contributed by atoms with van der Waals surface area (Å²) in [5.74, 6) is -0.516. The van der Waals surface area contributed by atoms with Crippen molar-refractivity contribution in [2.45, 2.75) is 44.8 Å². The quantitative estimate of drug-likeness (QED) is 0.266. The number of fused-ring (bicyclic) bond motifs is 1. The predicted octanol–water partition coefficient (Wildman–Crippen LogP) is 6.16. The number of alkyl halides is 3. The van der Waals surface area contributed by atoms with Crippen molar-refractivity contribution in [3.63, 3.8) is 0 Å². The molecule has 0 aliphatic carbocycles. The number of hydrogen-bond acceptors (Lipinski definition) is 6. The Morgan fingerprint density at radius 2 is 1.81 bits per heavy atom. The monoisotopic (exact) mass is 575 g/mol. The van der Waals surface area contributed by atoms with E-state index in [1.807, 2.05) is 12.1 Å². The van der Waals surface area contributed by atoms with Gasteiger partial charge in [-0.2, -0.15) is 18.3 Å². The summed E-state index contributed by atoms with van der Waals surface area (Å²) in [6, 6.07) is 19.8. The zero-order valence-corrected chi connectivity index (χ0v) is 23.3. The molecule has 0 unspecified atom stereocenters. The topological polar surface area (TPSA) is 72.3 Å². The Kier molecular flexibility index (Phi) is 7.72. The number of carbonyl (C=O) groups is 1. The Bertz CT molecular complexity index is 1580. The van der Waals surface area contributed by atoms with Gasteiger partial charge in [0, 0.05) is 24.3 Å². The first kappa shape index (κ1) is 28.0. The molecule has 2 aliphatic heterocycles. The standard InChI is InChI=1S/C32H32F3N5O2/c1-2-42-31(41)26-19-37-40(30(26)32(33,34)35)28-8-4-7-27(38-28)25-6-3-5-24-15-18-39(29(24)25)20-21-9-11-22(12-10-21)23-13-16-36-17-14-23/h3-12,19,23,36H,2,13-18,20H2,1H3. The summed E-state index contributed by atoms with van der Waals surface area (Å²) < 4.78 is 47.8. The summed E-state index contributed by atoms with van der Waals surface area (Å²) in [5, 5.41) is 7.31. The smallest absolute Gasteiger partial charge is 0.434 e. The molecule has 0 amide bonds. The molecule has 4 aromatic rings. The van der Waals surface area contributed by atoms with E-state index in [1.54, 1.807) is 12.1 Å². The molecule has 2 aromatic carbocycles. The van der Waals surface area contributed by atoms with Crippen LogP contribution in [0.5, 0.6) is 0 Å². The summed E-state index contributed by atoms with van der Waals surface area (Å²) in [6.07, 6.45) is -0.781. The lowest BCUT2D eigenvalue weighted by atomic mass is 9.90. The molecule has 1 fully saturated rings. The molecule has 7 nitrogen and oxygen atoms in total. The van der Waals surface area contributed by atoms with Crippen LogP contribution in [0.15, 0.2) is 66.9 Å². The van der Waals surface area contributed by atoms with Crippen LogP contribution in [0, 0.1) is 0 Å². The number of rotatable bonds is 7. The number of nitrogens with zero attached hydrogens (tertiary/aromatic N) is 4. The number of benzene rings is 2. The molecule has 0 spiro atoms. The van der Waals surface area contributed by atoms with Crippen LogP contribution in [-0.2, 0) is 23.9 Å². The molecule has 4 heterocycles. The van der Waals surface area contributed by atoms with E-state index in [9.17, 15) is 18.0 Å². The summed E-state index contributed by atoms with van der Waals surface area (Å²) in [4.78, 5) is 19.2. The maximum atomic E-state index is 14.1. The number of piperidine rings is 1. The molecule has 218 valence electrons. The Morgan fingerprint density at radius 1 is 1.05 bits per heavy atom. The van der Waals surface area contributed by atoms with Crippen LogP contribution >= 0.6 is 0 Å². The lowest BCUT2D eigenvalue weighted by molar-refractivity contribution is -0.143. The van der Waals surface area contributed by atoms with Gasteiger partial charge in [0.15, 0.2) is 11.5 Å². The number of ether oxygens (including phenoxy) is 1. The summed E-state index contributed by atoms with van der Waals surface area (Å²) in [7, 11) is 0. The minimum absolute atomic E-state index is 0.0361. The van der Waals surface area contributed by atoms with Crippen molar-refractivity contribution >= 4 is 11.7 Å². The molecule has 2 aliphatic rings. The minimum atomic E-state index is -4.84. The average molecular weight is 576 g/mol. The molecule has 0 atom stereocenters. The molecule has 42 heavy (non-hydrogen) atoms. The van der Waals surface area contributed by atoms with E-state index in [2.05, 4.69) is 50.6 Å². The fraction of sp³-hybridized carbons (Fsp3) is 0.344. The van der Waals surface area contributed by atoms with Gasteiger partial charge in [-0.05, 0) is 74.0 Å². The zero-order valence-electron chi connectivity index (χ0n) is 23.3. The Balaban J connectivity index is 1.31. The van der Waals surface area contributed by atoms with Crippen molar-refractivity contribution < 1.29 is 22.7 Å². The number of anilines is 1. The second kappa shape index (κ2) is 11.6. The normalized spacial score (nSPS) is 15.6. The van der Waals surface area contributed by atoms with Gasteiger partial charge in [0.25, 0.3) is 0 Å². The molecule has 0 radical (unpaired) electrons. The van der Waals surface area contributed by atoms with E-state index in [1.165, 1.54) is 29.7 Å². The van der Waals surface area contributed by atoms with Crippen LogP contribution in [-0.4, -0.2) is 47.0 Å². The van der Waals surface area contributed by atoms with Crippen molar-refractivity contribution in [3.8, 4) is 17.1 Å². The number of carbonyl (C=O) groups excluding carboxylic acids is 1. The first-order valence-electron chi connectivity index (χ1n) is 14.3. The van der Waals surface area contributed by atoms with Crippen LogP contribution in [0.2, 0.25) is 0 Å². The van der Waals surface area contributed by atoms with E-state index in [0.29, 0.717) is 16.3 Å². The largest absolute Gasteiger partial charge is 0.462 e. The number of aromatic nitrogens is 3. The average Bonchev–Trinajstić information content (AvgIpc) is 3.64. The van der Waals surface area contributed by atoms with Gasteiger partial charge in [-0.25, -0.2) is 14.5 Å². The van der Waals surface area contributed by atoms with Gasteiger partial charge < -0.3 is 15.0 Å². The first-order chi connectivity index (χ1) is 20.3. The highest BCUT2D eigenvalue weighted by Gasteiger charge is 2.41. The highest BCUT2D eigenvalue weighted by atomic mass is 19.4. The summed E-state index contributed by atoms with van der Waals surface area (Å²) >= 11 is 0. The molecule has 6 rings (SSSR count). The maximum Gasteiger partial charge on any atom is 0.434 e. The van der Waals surface area contributed by atoms with Gasteiger partial charge in [0.2, 0.25) is 0 Å². The van der Waals surface area contributed by atoms with Crippen molar-refractivity contribution in [2.75, 3.05) is 31.1 Å². The summed E-state index contributed by atoms with van der Waals surface area (Å²) in [6.45, 7) is 5.15. The van der Waals surface area contributed by atoms with Crippen LogP contribution in [0.25, 0.3) is 17.1 Å². The predicted molar refractivity (Wildman–Crippen MR) is 154 cm³/mol. The number of halogens is 3. The number of esters is 1. The lowest BCUT2D eigenvalue weighted by Crippen LogP contribution is -2.26. The van der Waals surface area contributed by atoms with Crippen molar-refractivity contribution in [1.29, 1.82) is 0 Å². The van der Waals surface area contributed by atoms with E-state index in [-0.39, 0.29) is 12.4 Å². The number of pyridine rings is 1. The first-order valence-corrected chi connectivity index (χ1v) is 14.3. The number of nitrogens with one attached hydrogen (secondary N) is 1. The van der Waals surface area contributed by atoms with Gasteiger partial charge in [-0.15, -0.1) is 0 Å². The van der Waals surface area contributed by atoms with Crippen LogP contribution in [0.4, 0.5) is 18.9 Å².